The van der Waals surface area contributed by atoms with Crippen LogP contribution >= 0.6 is 0 Å². The highest BCUT2D eigenvalue weighted by Gasteiger charge is 2.28. The van der Waals surface area contributed by atoms with E-state index >= 15 is 0 Å². The zero-order chi connectivity index (χ0) is 19.6. The van der Waals surface area contributed by atoms with E-state index in [0.29, 0.717) is 36.3 Å². The molecule has 2 aromatic heterocycles. The van der Waals surface area contributed by atoms with Gasteiger partial charge in [-0.15, -0.1) is 5.10 Å². The Morgan fingerprint density at radius 1 is 1.10 bits per heavy atom. The summed E-state index contributed by atoms with van der Waals surface area (Å²) in [7, 11) is 0. The van der Waals surface area contributed by atoms with Gasteiger partial charge >= 0.3 is 0 Å². The van der Waals surface area contributed by atoms with E-state index < -0.39 is 0 Å². The molecule has 9 nitrogen and oxygen atoms in total. The van der Waals surface area contributed by atoms with Crippen molar-refractivity contribution in [1.29, 1.82) is 0 Å². The van der Waals surface area contributed by atoms with Crippen LogP contribution < -0.4 is 10.2 Å². The topological polar surface area (TPSA) is 98.1 Å². The van der Waals surface area contributed by atoms with Crippen LogP contribution in [-0.2, 0) is 4.74 Å². The molecule has 1 aliphatic carbocycles. The molecule has 29 heavy (non-hydrogen) atoms. The van der Waals surface area contributed by atoms with Crippen LogP contribution in [-0.4, -0.2) is 57.4 Å². The van der Waals surface area contributed by atoms with E-state index in [2.05, 4.69) is 30.7 Å². The zero-order valence-corrected chi connectivity index (χ0v) is 15.9. The van der Waals surface area contributed by atoms with Crippen LogP contribution in [0.4, 0.5) is 11.5 Å². The summed E-state index contributed by atoms with van der Waals surface area (Å²) in [4.78, 5) is 19.4. The molecule has 0 unspecified atom stereocenters. The fourth-order valence-electron chi connectivity index (χ4n) is 3.45. The van der Waals surface area contributed by atoms with Crippen molar-refractivity contribution >= 4 is 17.4 Å². The molecule has 148 valence electrons. The van der Waals surface area contributed by atoms with Gasteiger partial charge in [-0.1, -0.05) is 0 Å². The minimum Gasteiger partial charge on any atom is -0.378 e. The average Bonchev–Trinajstić information content (AvgIpc) is 3.51. The first-order valence-corrected chi connectivity index (χ1v) is 9.77. The lowest BCUT2D eigenvalue weighted by atomic mass is 10.1. The average molecular weight is 391 g/mol. The maximum absolute atomic E-state index is 12.9. The van der Waals surface area contributed by atoms with Gasteiger partial charge in [0, 0.05) is 30.5 Å². The molecule has 2 aliphatic rings. The Balaban J connectivity index is 1.33. The van der Waals surface area contributed by atoms with Gasteiger partial charge in [0.1, 0.15) is 5.82 Å². The number of nitrogens with zero attached hydrogens (tertiary/aromatic N) is 6. The Morgan fingerprint density at radius 2 is 1.90 bits per heavy atom. The monoisotopic (exact) mass is 391 g/mol. The molecule has 0 radical (unpaired) electrons. The van der Waals surface area contributed by atoms with Crippen molar-refractivity contribution in [1.82, 2.24) is 25.2 Å². The van der Waals surface area contributed by atoms with Gasteiger partial charge in [-0.05, 0) is 59.7 Å². The molecule has 1 saturated carbocycles. The minimum absolute atomic E-state index is 0.185. The lowest BCUT2D eigenvalue weighted by molar-refractivity contribution is 0.102. The molecule has 1 aromatic carbocycles. The Morgan fingerprint density at radius 3 is 2.66 bits per heavy atom. The highest BCUT2D eigenvalue weighted by atomic mass is 16.5. The highest BCUT2D eigenvalue weighted by molar-refractivity contribution is 6.07. The number of tetrazole rings is 1. The van der Waals surface area contributed by atoms with Gasteiger partial charge < -0.3 is 15.0 Å². The molecule has 0 spiro atoms. The number of benzene rings is 1. The first-order chi connectivity index (χ1) is 14.3. The largest absolute Gasteiger partial charge is 0.378 e. The predicted molar refractivity (Wildman–Crippen MR) is 107 cm³/mol. The number of anilines is 2. The lowest BCUT2D eigenvalue weighted by Gasteiger charge is -2.29. The highest BCUT2D eigenvalue weighted by Crippen LogP contribution is 2.36. The second-order valence-corrected chi connectivity index (χ2v) is 7.18. The van der Waals surface area contributed by atoms with Crippen LogP contribution in [0.2, 0.25) is 0 Å². The first-order valence-electron chi connectivity index (χ1n) is 9.77. The zero-order valence-electron chi connectivity index (χ0n) is 15.9. The quantitative estimate of drug-likeness (QED) is 0.712. The third-order valence-corrected chi connectivity index (χ3v) is 5.13. The van der Waals surface area contributed by atoms with Gasteiger partial charge in [-0.2, -0.15) is 0 Å². The number of carbonyl (C=O) groups excluding carboxylic acids is 1. The second-order valence-electron chi connectivity index (χ2n) is 7.18. The van der Waals surface area contributed by atoms with E-state index in [9.17, 15) is 4.79 Å². The molecule has 3 heterocycles. The molecule has 9 heteroatoms. The number of hydrogen-bond acceptors (Lipinski definition) is 7. The number of amides is 1. The van der Waals surface area contributed by atoms with E-state index in [1.807, 2.05) is 28.9 Å². The third-order valence-electron chi connectivity index (χ3n) is 5.13. The summed E-state index contributed by atoms with van der Waals surface area (Å²) in [5, 5.41) is 15.0. The molecule has 1 saturated heterocycles. The van der Waals surface area contributed by atoms with Gasteiger partial charge in [-0.3, -0.25) is 4.79 Å². The van der Waals surface area contributed by atoms with Gasteiger partial charge in [0.05, 0.1) is 24.8 Å². The Labute approximate surface area is 167 Å². The van der Waals surface area contributed by atoms with E-state index in [4.69, 9.17) is 4.74 Å². The number of carbonyl (C=O) groups is 1. The maximum atomic E-state index is 12.9. The number of pyridine rings is 1. The van der Waals surface area contributed by atoms with Crippen LogP contribution in [0.5, 0.6) is 0 Å². The standard InChI is InChI=1S/C20H21N7O2/c28-20(17-2-1-9-21-19(17)26-10-12-29-13-11-26)22-15-5-3-14(4-6-15)18-23-24-25-27(18)16-7-8-16/h1-6,9,16H,7-8,10-13H2,(H,22,28). The second kappa shape index (κ2) is 7.59. The number of aromatic nitrogens is 5. The van der Waals surface area contributed by atoms with Gasteiger partial charge in [0.15, 0.2) is 5.82 Å². The van der Waals surface area contributed by atoms with E-state index in [1.165, 1.54) is 0 Å². The fourth-order valence-corrected chi connectivity index (χ4v) is 3.45. The van der Waals surface area contributed by atoms with Crippen LogP contribution in [0.15, 0.2) is 42.6 Å². The summed E-state index contributed by atoms with van der Waals surface area (Å²) in [6.07, 6.45) is 3.94. The Hall–Kier alpha value is -3.33. The van der Waals surface area contributed by atoms with Crippen molar-refractivity contribution in [3.05, 3.63) is 48.2 Å². The molecular weight excluding hydrogens is 370 g/mol. The fraction of sp³-hybridized carbons (Fsp3) is 0.350. The molecule has 0 atom stereocenters. The summed E-state index contributed by atoms with van der Waals surface area (Å²) in [6.45, 7) is 2.72. The molecular formula is C20H21N7O2. The molecule has 1 aliphatic heterocycles. The van der Waals surface area contributed by atoms with Crippen LogP contribution in [0.25, 0.3) is 11.4 Å². The normalized spacial score (nSPS) is 16.6. The van der Waals surface area contributed by atoms with Crippen molar-refractivity contribution in [3.63, 3.8) is 0 Å². The first kappa shape index (κ1) is 17.7. The summed E-state index contributed by atoms with van der Waals surface area (Å²) in [6, 6.07) is 11.6. The number of rotatable bonds is 5. The van der Waals surface area contributed by atoms with Crippen molar-refractivity contribution in [2.75, 3.05) is 36.5 Å². The van der Waals surface area contributed by atoms with Crippen LogP contribution in [0, 0.1) is 0 Å². The Bertz CT molecular complexity index is 1010. The van der Waals surface area contributed by atoms with Crippen molar-refractivity contribution in [2.45, 2.75) is 18.9 Å². The number of nitrogens with one attached hydrogen (secondary N) is 1. The van der Waals surface area contributed by atoms with Crippen LogP contribution in [0.1, 0.15) is 29.2 Å². The van der Waals surface area contributed by atoms with Gasteiger partial charge in [0.25, 0.3) is 5.91 Å². The van der Waals surface area contributed by atoms with Crippen molar-refractivity contribution in [2.24, 2.45) is 0 Å². The van der Waals surface area contributed by atoms with E-state index in [1.54, 1.807) is 18.3 Å². The third kappa shape index (κ3) is 3.68. The minimum atomic E-state index is -0.185. The summed E-state index contributed by atoms with van der Waals surface area (Å²) < 4.78 is 7.27. The van der Waals surface area contributed by atoms with Crippen molar-refractivity contribution in [3.8, 4) is 11.4 Å². The lowest BCUT2D eigenvalue weighted by Crippen LogP contribution is -2.38. The SMILES string of the molecule is O=C(Nc1ccc(-c2nnnn2C2CC2)cc1)c1cccnc1N1CCOCC1. The summed E-state index contributed by atoms with van der Waals surface area (Å²) in [5.74, 6) is 1.26. The number of morpholine rings is 1. The van der Waals surface area contributed by atoms with E-state index in [0.717, 1.165) is 37.3 Å². The summed E-state index contributed by atoms with van der Waals surface area (Å²) in [5.41, 5.74) is 2.19. The number of ether oxygens (including phenoxy) is 1. The van der Waals surface area contributed by atoms with Gasteiger partial charge in [-0.25, -0.2) is 9.67 Å². The molecule has 0 bridgehead atoms. The molecule has 1 N–H and O–H groups in total. The summed E-state index contributed by atoms with van der Waals surface area (Å²) >= 11 is 0. The molecule has 2 fully saturated rings. The van der Waals surface area contributed by atoms with Crippen molar-refractivity contribution < 1.29 is 9.53 Å². The van der Waals surface area contributed by atoms with Gasteiger partial charge in [0.2, 0.25) is 0 Å². The number of hydrogen-bond donors (Lipinski definition) is 1. The molecule has 1 amide bonds. The Kier molecular flexibility index (Phi) is 4.65. The van der Waals surface area contributed by atoms with Crippen LogP contribution in [0.3, 0.4) is 0 Å². The van der Waals surface area contributed by atoms with E-state index in [-0.39, 0.29) is 5.91 Å². The maximum Gasteiger partial charge on any atom is 0.259 e. The molecule has 5 rings (SSSR count). The predicted octanol–water partition coefficient (Wildman–Crippen LogP) is 2.16. The smallest absolute Gasteiger partial charge is 0.259 e. The molecule has 3 aromatic rings.